The standard InChI is InChI=1S/C21H18ClNO5/c22-15-7-5-14(6-8-15)20-21(19(25)16-3-1-2-4-17(16)28-20)27-13-18(24)23-9-11-26-12-10-23/h1-8H,9-13H2. The fourth-order valence-corrected chi connectivity index (χ4v) is 3.21. The van der Waals surface area contributed by atoms with Crippen LogP contribution in [0.3, 0.4) is 0 Å². The number of benzene rings is 2. The molecule has 7 heteroatoms. The Kier molecular flexibility index (Phi) is 5.32. The summed E-state index contributed by atoms with van der Waals surface area (Å²) in [4.78, 5) is 27.1. The van der Waals surface area contributed by atoms with Gasteiger partial charge in [-0.15, -0.1) is 0 Å². The summed E-state index contributed by atoms with van der Waals surface area (Å²) >= 11 is 5.97. The zero-order valence-electron chi connectivity index (χ0n) is 15.0. The number of fused-ring (bicyclic) bond motifs is 1. The van der Waals surface area contributed by atoms with Gasteiger partial charge in [-0.3, -0.25) is 9.59 Å². The third-order valence-electron chi connectivity index (χ3n) is 4.57. The topological polar surface area (TPSA) is 69.0 Å². The minimum absolute atomic E-state index is 0.0163. The third kappa shape index (κ3) is 3.74. The normalized spacial score (nSPS) is 14.2. The van der Waals surface area contributed by atoms with Crippen molar-refractivity contribution in [2.24, 2.45) is 0 Å². The molecule has 1 fully saturated rings. The van der Waals surface area contributed by atoms with Crippen LogP contribution in [-0.4, -0.2) is 43.7 Å². The number of halogens is 1. The molecule has 1 aliphatic rings. The lowest BCUT2D eigenvalue weighted by atomic mass is 10.1. The zero-order chi connectivity index (χ0) is 19.5. The SMILES string of the molecule is O=C(COc1c(-c2ccc(Cl)cc2)oc2ccccc2c1=O)N1CCOCC1. The fraction of sp³-hybridized carbons (Fsp3) is 0.238. The highest BCUT2D eigenvalue weighted by Gasteiger charge is 2.21. The number of carbonyl (C=O) groups excluding carboxylic acids is 1. The lowest BCUT2D eigenvalue weighted by molar-refractivity contribution is -0.137. The highest BCUT2D eigenvalue weighted by atomic mass is 35.5. The highest BCUT2D eigenvalue weighted by Crippen LogP contribution is 2.31. The number of nitrogens with zero attached hydrogens (tertiary/aromatic N) is 1. The molecule has 1 amide bonds. The number of hydrogen-bond donors (Lipinski definition) is 0. The number of carbonyl (C=O) groups is 1. The Morgan fingerprint density at radius 3 is 2.54 bits per heavy atom. The second kappa shape index (κ2) is 8.04. The fourth-order valence-electron chi connectivity index (χ4n) is 3.09. The Morgan fingerprint density at radius 2 is 1.79 bits per heavy atom. The molecule has 28 heavy (non-hydrogen) atoms. The monoisotopic (exact) mass is 399 g/mol. The summed E-state index contributed by atoms with van der Waals surface area (Å²) < 4.78 is 16.9. The molecule has 1 aromatic heterocycles. The molecule has 2 heterocycles. The van der Waals surface area contributed by atoms with Crippen molar-refractivity contribution in [3.63, 3.8) is 0 Å². The number of morpholine rings is 1. The maximum absolute atomic E-state index is 13.0. The molecule has 0 atom stereocenters. The van der Waals surface area contributed by atoms with Gasteiger partial charge in [0.25, 0.3) is 5.91 Å². The van der Waals surface area contributed by atoms with Crippen LogP contribution in [0.1, 0.15) is 0 Å². The molecule has 144 valence electrons. The van der Waals surface area contributed by atoms with Gasteiger partial charge >= 0.3 is 0 Å². The number of ether oxygens (including phenoxy) is 2. The Bertz CT molecular complexity index is 1050. The van der Waals surface area contributed by atoms with Crippen LogP contribution in [0.25, 0.3) is 22.3 Å². The Labute approximate surface area is 166 Å². The third-order valence-corrected chi connectivity index (χ3v) is 4.82. The molecular formula is C21H18ClNO5. The summed E-state index contributed by atoms with van der Waals surface area (Å²) in [5.41, 5.74) is 0.770. The number of rotatable bonds is 4. The minimum atomic E-state index is -0.318. The van der Waals surface area contributed by atoms with E-state index in [1.807, 2.05) is 0 Å². The van der Waals surface area contributed by atoms with Gasteiger partial charge in [-0.05, 0) is 36.4 Å². The van der Waals surface area contributed by atoms with Crippen molar-refractivity contribution in [3.05, 3.63) is 63.8 Å². The van der Waals surface area contributed by atoms with E-state index < -0.39 is 0 Å². The molecule has 0 aliphatic carbocycles. The molecule has 3 aromatic rings. The average molecular weight is 400 g/mol. The van der Waals surface area contributed by atoms with Crippen LogP contribution in [0.4, 0.5) is 0 Å². The lowest BCUT2D eigenvalue weighted by Crippen LogP contribution is -2.43. The second-order valence-electron chi connectivity index (χ2n) is 6.37. The van der Waals surface area contributed by atoms with Crippen molar-refractivity contribution in [2.75, 3.05) is 32.9 Å². The van der Waals surface area contributed by atoms with Gasteiger partial charge in [0, 0.05) is 23.7 Å². The highest BCUT2D eigenvalue weighted by molar-refractivity contribution is 6.30. The summed E-state index contributed by atoms with van der Waals surface area (Å²) in [7, 11) is 0. The van der Waals surface area contributed by atoms with Crippen molar-refractivity contribution < 1.29 is 18.7 Å². The van der Waals surface area contributed by atoms with E-state index in [9.17, 15) is 9.59 Å². The van der Waals surface area contributed by atoms with Crippen molar-refractivity contribution in [3.8, 4) is 17.1 Å². The maximum atomic E-state index is 13.0. The molecule has 0 spiro atoms. The van der Waals surface area contributed by atoms with Crippen molar-refractivity contribution in [2.45, 2.75) is 0 Å². The van der Waals surface area contributed by atoms with Crippen LogP contribution in [-0.2, 0) is 9.53 Å². The van der Waals surface area contributed by atoms with Gasteiger partial charge in [-0.2, -0.15) is 0 Å². The molecule has 0 N–H and O–H groups in total. The number of hydrogen-bond acceptors (Lipinski definition) is 5. The predicted octanol–water partition coefficient (Wildman–Crippen LogP) is 3.35. The Balaban J connectivity index is 1.71. The lowest BCUT2D eigenvalue weighted by Gasteiger charge is -2.26. The number of para-hydroxylation sites is 1. The van der Waals surface area contributed by atoms with E-state index >= 15 is 0 Å². The van der Waals surface area contributed by atoms with Crippen LogP contribution in [0, 0.1) is 0 Å². The zero-order valence-corrected chi connectivity index (χ0v) is 15.8. The molecular weight excluding hydrogens is 382 g/mol. The Hall–Kier alpha value is -2.83. The van der Waals surface area contributed by atoms with E-state index in [0.717, 1.165) is 0 Å². The van der Waals surface area contributed by atoms with Gasteiger partial charge in [-0.1, -0.05) is 23.7 Å². The Morgan fingerprint density at radius 1 is 1.07 bits per heavy atom. The van der Waals surface area contributed by atoms with E-state index in [1.54, 1.807) is 53.4 Å². The number of amides is 1. The molecule has 0 saturated carbocycles. The van der Waals surface area contributed by atoms with Gasteiger partial charge in [0.1, 0.15) is 5.58 Å². The average Bonchev–Trinajstić information content (AvgIpc) is 2.74. The van der Waals surface area contributed by atoms with Crippen LogP contribution in [0.5, 0.6) is 5.75 Å². The van der Waals surface area contributed by atoms with Crippen molar-refractivity contribution >= 4 is 28.5 Å². The quantitative estimate of drug-likeness (QED) is 0.673. The molecule has 1 saturated heterocycles. The van der Waals surface area contributed by atoms with Crippen molar-refractivity contribution in [1.82, 2.24) is 4.90 Å². The van der Waals surface area contributed by atoms with Crippen LogP contribution < -0.4 is 10.2 Å². The van der Waals surface area contributed by atoms with E-state index in [4.69, 9.17) is 25.5 Å². The first-order valence-corrected chi connectivity index (χ1v) is 9.31. The first-order chi connectivity index (χ1) is 13.6. The van der Waals surface area contributed by atoms with Gasteiger partial charge in [0.2, 0.25) is 11.2 Å². The van der Waals surface area contributed by atoms with Gasteiger partial charge < -0.3 is 18.8 Å². The summed E-state index contributed by atoms with van der Waals surface area (Å²) in [6, 6.07) is 13.8. The first-order valence-electron chi connectivity index (χ1n) is 8.93. The van der Waals surface area contributed by atoms with Gasteiger partial charge in [0.05, 0.1) is 18.6 Å². The summed E-state index contributed by atoms with van der Waals surface area (Å²) in [6.45, 7) is 1.78. The van der Waals surface area contributed by atoms with E-state index in [1.165, 1.54) is 0 Å². The van der Waals surface area contributed by atoms with Gasteiger partial charge in [-0.25, -0.2) is 0 Å². The second-order valence-corrected chi connectivity index (χ2v) is 6.81. The molecule has 0 unspecified atom stereocenters. The van der Waals surface area contributed by atoms with E-state index in [2.05, 4.69) is 0 Å². The van der Waals surface area contributed by atoms with E-state index in [-0.39, 0.29) is 29.5 Å². The molecule has 4 rings (SSSR count). The molecule has 6 nitrogen and oxygen atoms in total. The predicted molar refractivity (Wildman–Crippen MR) is 106 cm³/mol. The van der Waals surface area contributed by atoms with Crippen molar-refractivity contribution in [1.29, 1.82) is 0 Å². The molecule has 0 radical (unpaired) electrons. The molecule has 0 bridgehead atoms. The van der Waals surface area contributed by atoms with Gasteiger partial charge in [0.15, 0.2) is 12.4 Å². The smallest absolute Gasteiger partial charge is 0.260 e. The van der Waals surface area contributed by atoms with Crippen LogP contribution in [0.2, 0.25) is 5.02 Å². The minimum Gasteiger partial charge on any atom is -0.476 e. The van der Waals surface area contributed by atoms with E-state index in [0.29, 0.717) is 47.9 Å². The van der Waals surface area contributed by atoms with Crippen LogP contribution in [0.15, 0.2) is 57.7 Å². The first kappa shape index (κ1) is 18.5. The summed E-state index contributed by atoms with van der Waals surface area (Å²) in [6.07, 6.45) is 0. The summed E-state index contributed by atoms with van der Waals surface area (Å²) in [5, 5.41) is 0.964. The maximum Gasteiger partial charge on any atom is 0.260 e. The molecule has 1 aliphatic heterocycles. The van der Waals surface area contributed by atoms with Crippen LogP contribution >= 0.6 is 11.6 Å². The summed E-state index contributed by atoms with van der Waals surface area (Å²) in [5.74, 6) is 0.0932. The largest absolute Gasteiger partial charge is 0.476 e. The molecule has 2 aromatic carbocycles.